The molecule has 1 amide bonds. The molecule has 2 N–H and O–H groups in total. The van der Waals surface area contributed by atoms with Crippen LogP contribution in [-0.4, -0.2) is 30.3 Å². The third kappa shape index (κ3) is 6.25. The van der Waals surface area contributed by atoms with Gasteiger partial charge < -0.3 is 10.4 Å². The van der Waals surface area contributed by atoms with E-state index in [0.29, 0.717) is 12.0 Å². The molecule has 3 nitrogen and oxygen atoms in total. The first-order valence-electron chi connectivity index (χ1n) is 5.97. The molecule has 0 spiro atoms. The van der Waals surface area contributed by atoms with E-state index >= 15 is 0 Å². The average molecular weight is 285 g/mol. The summed E-state index contributed by atoms with van der Waals surface area (Å²) in [5.41, 5.74) is 0.824. The topological polar surface area (TPSA) is 49.3 Å². The molecule has 1 rings (SSSR count). The molecule has 0 saturated carbocycles. The van der Waals surface area contributed by atoms with Crippen molar-refractivity contribution in [2.45, 2.75) is 19.0 Å². The van der Waals surface area contributed by atoms with Gasteiger partial charge in [0.1, 0.15) is 0 Å². The summed E-state index contributed by atoms with van der Waals surface area (Å²) in [5.74, 6) is 4.88. The van der Waals surface area contributed by atoms with Crippen molar-refractivity contribution >= 4 is 5.91 Å². The predicted octanol–water partition coefficient (Wildman–Crippen LogP) is 2.10. The quantitative estimate of drug-likeness (QED) is 0.832. The van der Waals surface area contributed by atoms with Crippen molar-refractivity contribution in [3.05, 3.63) is 35.4 Å². The smallest absolute Gasteiger partial charge is 0.390 e. The molecule has 0 aliphatic carbocycles. The van der Waals surface area contributed by atoms with E-state index in [1.165, 1.54) is 12.1 Å². The molecule has 0 aliphatic heterocycles. The zero-order valence-corrected chi connectivity index (χ0v) is 10.6. The molecule has 20 heavy (non-hydrogen) atoms. The minimum Gasteiger partial charge on any atom is -0.395 e. The van der Waals surface area contributed by atoms with Crippen molar-refractivity contribution in [2.75, 3.05) is 13.2 Å². The number of carbonyl (C=O) groups excluding carboxylic acids is 1. The fourth-order valence-corrected chi connectivity index (χ4v) is 1.38. The van der Waals surface area contributed by atoms with Crippen LogP contribution in [0.4, 0.5) is 13.2 Å². The van der Waals surface area contributed by atoms with Gasteiger partial charge in [-0.15, -0.1) is 0 Å². The Labute approximate surface area is 114 Å². The molecule has 108 valence electrons. The molecule has 0 aliphatic rings. The highest BCUT2D eigenvalue weighted by Crippen LogP contribution is 2.18. The Morgan fingerprint density at radius 1 is 1.35 bits per heavy atom. The van der Waals surface area contributed by atoms with E-state index in [2.05, 4.69) is 17.2 Å². The number of hydrogen-bond donors (Lipinski definition) is 2. The van der Waals surface area contributed by atoms with E-state index in [9.17, 15) is 18.0 Å². The summed E-state index contributed by atoms with van der Waals surface area (Å²) in [7, 11) is 0. The van der Waals surface area contributed by atoms with E-state index in [0.717, 1.165) is 0 Å². The van der Waals surface area contributed by atoms with Crippen molar-refractivity contribution in [3.8, 4) is 11.8 Å². The summed E-state index contributed by atoms with van der Waals surface area (Å²) in [4.78, 5) is 11.6. The lowest BCUT2D eigenvalue weighted by molar-refractivity contribution is -0.132. The Morgan fingerprint density at radius 2 is 2.10 bits per heavy atom. The first-order chi connectivity index (χ1) is 9.42. The second-order valence-electron chi connectivity index (χ2n) is 3.98. The van der Waals surface area contributed by atoms with Crippen LogP contribution in [0.15, 0.2) is 24.3 Å². The minimum absolute atomic E-state index is 0.0510. The van der Waals surface area contributed by atoms with Gasteiger partial charge in [0.25, 0.3) is 5.91 Å². The van der Waals surface area contributed by atoms with Crippen LogP contribution in [-0.2, 0) is 0 Å². The molecule has 0 aromatic heterocycles. The summed E-state index contributed by atoms with van der Waals surface area (Å²) in [6.07, 6.45) is -5.03. The Morgan fingerprint density at radius 3 is 2.75 bits per heavy atom. The maximum atomic E-state index is 12.0. The third-order valence-corrected chi connectivity index (χ3v) is 2.29. The molecular weight excluding hydrogens is 271 g/mol. The molecule has 0 heterocycles. The van der Waals surface area contributed by atoms with E-state index in [-0.39, 0.29) is 12.2 Å². The number of carbonyl (C=O) groups is 1. The molecule has 0 atom stereocenters. The Hall–Kier alpha value is -2.00. The largest absolute Gasteiger partial charge is 0.395 e. The lowest BCUT2D eigenvalue weighted by Crippen LogP contribution is -2.27. The summed E-state index contributed by atoms with van der Waals surface area (Å²) in [5, 5.41) is 10.8. The van der Waals surface area contributed by atoms with Crippen LogP contribution in [0, 0.1) is 11.8 Å². The Balaban J connectivity index is 2.61. The molecule has 0 unspecified atom stereocenters. The third-order valence-electron chi connectivity index (χ3n) is 2.29. The molecule has 0 fully saturated rings. The lowest BCUT2D eigenvalue weighted by Gasteiger charge is -2.08. The number of amides is 1. The molecule has 1 aromatic rings. The minimum atomic E-state index is -4.29. The second kappa shape index (κ2) is 7.56. The van der Waals surface area contributed by atoms with Crippen LogP contribution < -0.4 is 5.32 Å². The Bertz CT molecular complexity index is 515. The van der Waals surface area contributed by atoms with Gasteiger partial charge in [-0.3, -0.25) is 4.79 Å². The van der Waals surface area contributed by atoms with Crippen LogP contribution in [0.1, 0.15) is 28.8 Å². The van der Waals surface area contributed by atoms with Gasteiger partial charge in [0, 0.05) is 24.1 Å². The van der Waals surface area contributed by atoms with Crippen LogP contribution in [0.2, 0.25) is 0 Å². The zero-order chi connectivity index (χ0) is 15.0. The van der Waals surface area contributed by atoms with E-state index in [1.807, 2.05) is 0 Å². The standard InChI is InChI=1S/C14H14F3NO2/c15-14(16,17)7-8-18-13(20)12-6-3-5-11(10-12)4-1-2-9-19/h3,5-6,10,19H,2,7-9H2,(H,18,20). The maximum absolute atomic E-state index is 12.0. The number of hydrogen-bond acceptors (Lipinski definition) is 2. The number of nitrogens with one attached hydrogen (secondary N) is 1. The van der Waals surface area contributed by atoms with Crippen molar-refractivity contribution in [1.29, 1.82) is 0 Å². The normalized spacial score (nSPS) is 10.6. The van der Waals surface area contributed by atoms with Crippen LogP contribution >= 0.6 is 0 Å². The number of aliphatic hydroxyl groups excluding tert-OH is 1. The predicted molar refractivity (Wildman–Crippen MR) is 68.0 cm³/mol. The van der Waals surface area contributed by atoms with Gasteiger partial charge >= 0.3 is 6.18 Å². The Kier molecular flexibility index (Phi) is 6.07. The van der Waals surface area contributed by atoms with Crippen molar-refractivity contribution in [2.24, 2.45) is 0 Å². The highest BCUT2D eigenvalue weighted by atomic mass is 19.4. The van der Waals surface area contributed by atoms with Crippen LogP contribution in [0.3, 0.4) is 0 Å². The van der Waals surface area contributed by atoms with E-state index in [1.54, 1.807) is 12.1 Å². The van der Waals surface area contributed by atoms with Crippen LogP contribution in [0.25, 0.3) is 0 Å². The van der Waals surface area contributed by atoms with E-state index < -0.39 is 25.0 Å². The number of alkyl halides is 3. The number of halogens is 3. The molecule has 0 bridgehead atoms. The molecule has 6 heteroatoms. The molecular formula is C14H14F3NO2. The van der Waals surface area contributed by atoms with Crippen molar-refractivity contribution in [1.82, 2.24) is 5.32 Å². The average Bonchev–Trinajstić information content (AvgIpc) is 2.38. The molecule has 1 aromatic carbocycles. The first kappa shape index (κ1) is 16.1. The van der Waals surface area contributed by atoms with Gasteiger partial charge in [-0.1, -0.05) is 17.9 Å². The van der Waals surface area contributed by atoms with Gasteiger partial charge in [0.05, 0.1) is 13.0 Å². The van der Waals surface area contributed by atoms with Crippen molar-refractivity contribution in [3.63, 3.8) is 0 Å². The fourth-order valence-electron chi connectivity index (χ4n) is 1.38. The highest BCUT2D eigenvalue weighted by molar-refractivity contribution is 5.94. The van der Waals surface area contributed by atoms with Gasteiger partial charge in [-0.2, -0.15) is 13.2 Å². The SMILES string of the molecule is O=C(NCCC(F)(F)F)c1cccc(C#CCCO)c1. The summed E-state index contributed by atoms with van der Waals surface area (Å²) in [6, 6.07) is 6.27. The van der Waals surface area contributed by atoms with Gasteiger partial charge in [-0.05, 0) is 18.2 Å². The van der Waals surface area contributed by atoms with Gasteiger partial charge in [0.2, 0.25) is 0 Å². The summed E-state index contributed by atoms with van der Waals surface area (Å²) < 4.78 is 35.9. The highest BCUT2D eigenvalue weighted by Gasteiger charge is 2.26. The number of benzene rings is 1. The summed E-state index contributed by atoms with van der Waals surface area (Å²) >= 11 is 0. The second-order valence-corrected chi connectivity index (χ2v) is 3.98. The monoisotopic (exact) mass is 285 g/mol. The van der Waals surface area contributed by atoms with Crippen LogP contribution in [0.5, 0.6) is 0 Å². The zero-order valence-electron chi connectivity index (χ0n) is 10.6. The summed E-state index contributed by atoms with van der Waals surface area (Å²) in [6.45, 7) is -0.507. The number of aliphatic hydroxyl groups is 1. The van der Waals surface area contributed by atoms with E-state index in [4.69, 9.17) is 5.11 Å². The lowest BCUT2D eigenvalue weighted by atomic mass is 10.1. The molecule has 0 radical (unpaired) electrons. The first-order valence-corrected chi connectivity index (χ1v) is 5.97. The fraction of sp³-hybridized carbons (Fsp3) is 0.357. The van der Waals surface area contributed by atoms with Crippen molar-refractivity contribution < 1.29 is 23.1 Å². The van der Waals surface area contributed by atoms with Gasteiger partial charge in [-0.25, -0.2) is 0 Å². The maximum Gasteiger partial charge on any atom is 0.390 e. The number of rotatable bonds is 4. The van der Waals surface area contributed by atoms with Gasteiger partial charge in [0.15, 0.2) is 0 Å². The molecule has 0 saturated heterocycles.